The third-order valence-corrected chi connectivity index (χ3v) is 3.40. The number of aryl methyl sites for hydroxylation is 1. The first kappa shape index (κ1) is 15.0. The molecular weight excluding hydrogens is 297 g/mol. The summed E-state index contributed by atoms with van der Waals surface area (Å²) in [4.78, 5) is 12.0. The Hall–Kier alpha value is -2.96. The Labute approximate surface area is 132 Å². The van der Waals surface area contributed by atoms with Crippen LogP contribution in [0, 0.1) is 12.7 Å². The molecule has 0 aliphatic heterocycles. The summed E-state index contributed by atoms with van der Waals surface area (Å²) in [6, 6.07) is 8.07. The molecule has 1 aromatic carbocycles. The van der Waals surface area contributed by atoms with Gasteiger partial charge in [0.15, 0.2) is 0 Å². The highest BCUT2D eigenvalue weighted by Crippen LogP contribution is 2.09. The lowest BCUT2D eigenvalue weighted by Crippen LogP contribution is -2.19. The molecule has 2 aromatic heterocycles. The third kappa shape index (κ3) is 3.82. The van der Waals surface area contributed by atoms with Crippen molar-refractivity contribution in [1.29, 1.82) is 0 Å². The number of hydrogen-bond donors (Lipinski definition) is 1. The van der Waals surface area contributed by atoms with Gasteiger partial charge in [0.05, 0.1) is 18.4 Å². The summed E-state index contributed by atoms with van der Waals surface area (Å²) in [6.07, 6.45) is 4.97. The normalized spacial score (nSPS) is 10.7. The van der Waals surface area contributed by atoms with Crippen LogP contribution in [0.15, 0.2) is 48.9 Å². The minimum atomic E-state index is -0.268. The highest BCUT2D eigenvalue weighted by Gasteiger charge is 2.07. The van der Waals surface area contributed by atoms with Crippen LogP contribution in [-0.4, -0.2) is 25.5 Å². The van der Waals surface area contributed by atoms with Crippen LogP contribution in [0.2, 0.25) is 0 Å². The zero-order valence-electron chi connectivity index (χ0n) is 12.6. The molecule has 0 spiro atoms. The standard InChI is InChI=1S/C16H16FN5O/c1-12-6-7-18-22(12)11-16(23)20-15-8-19-21(10-15)9-13-2-4-14(17)5-3-13/h2-8,10H,9,11H2,1H3,(H,20,23). The molecule has 0 unspecified atom stereocenters. The molecule has 0 atom stereocenters. The van der Waals surface area contributed by atoms with Gasteiger partial charge in [-0.3, -0.25) is 14.2 Å². The molecule has 1 N–H and O–H groups in total. The Morgan fingerprint density at radius 2 is 2.00 bits per heavy atom. The number of halogens is 1. The molecule has 118 valence electrons. The Balaban J connectivity index is 1.59. The zero-order chi connectivity index (χ0) is 16.2. The Bertz CT molecular complexity index is 806. The Morgan fingerprint density at radius 1 is 1.22 bits per heavy atom. The SMILES string of the molecule is Cc1ccnn1CC(=O)Nc1cnn(Cc2ccc(F)cc2)c1. The lowest BCUT2D eigenvalue weighted by Gasteiger charge is -2.04. The third-order valence-electron chi connectivity index (χ3n) is 3.40. The van der Waals surface area contributed by atoms with Gasteiger partial charge in [0, 0.05) is 18.1 Å². The first-order chi connectivity index (χ1) is 11.1. The summed E-state index contributed by atoms with van der Waals surface area (Å²) in [5, 5.41) is 11.0. The van der Waals surface area contributed by atoms with Crippen LogP contribution in [0.25, 0.3) is 0 Å². The minimum Gasteiger partial charge on any atom is -0.322 e. The summed E-state index contributed by atoms with van der Waals surface area (Å²) < 4.78 is 16.2. The van der Waals surface area contributed by atoms with Gasteiger partial charge in [-0.15, -0.1) is 0 Å². The maximum absolute atomic E-state index is 12.9. The number of anilines is 1. The molecule has 23 heavy (non-hydrogen) atoms. The molecule has 0 aliphatic carbocycles. The second-order valence-corrected chi connectivity index (χ2v) is 5.23. The van der Waals surface area contributed by atoms with Gasteiger partial charge in [0.25, 0.3) is 0 Å². The number of carbonyl (C=O) groups is 1. The minimum absolute atomic E-state index is 0.155. The highest BCUT2D eigenvalue weighted by molar-refractivity contribution is 5.90. The van der Waals surface area contributed by atoms with Crippen LogP contribution in [-0.2, 0) is 17.9 Å². The molecule has 0 fully saturated rings. The largest absolute Gasteiger partial charge is 0.322 e. The summed E-state index contributed by atoms with van der Waals surface area (Å²) in [5.74, 6) is -0.436. The van der Waals surface area contributed by atoms with Gasteiger partial charge in [0.1, 0.15) is 12.4 Å². The lowest BCUT2D eigenvalue weighted by molar-refractivity contribution is -0.116. The number of aromatic nitrogens is 4. The van der Waals surface area contributed by atoms with Crippen molar-refractivity contribution in [3.05, 3.63) is 66.0 Å². The summed E-state index contributed by atoms with van der Waals surface area (Å²) >= 11 is 0. The van der Waals surface area contributed by atoms with Crippen LogP contribution in [0.3, 0.4) is 0 Å². The number of rotatable bonds is 5. The van der Waals surface area contributed by atoms with E-state index in [0.717, 1.165) is 11.3 Å². The number of nitrogens with zero attached hydrogens (tertiary/aromatic N) is 4. The van der Waals surface area contributed by atoms with Crippen LogP contribution in [0.5, 0.6) is 0 Å². The van der Waals surface area contributed by atoms with Gasteiger partial charge in [-0.25, -0.2) is 4.39 Å². The topological polar surface area (TPSA) is 64.7 Å². The van der Waals surface area contributed by atoms with E-state index in [4.69, 9.17) is 0 Å². The molecule has 0 aliphatic rings. The van der Waals surface area contributed by atoms with E-state index in [1.165, 1.54) is 12.1 Å². The fourth-order valence-electron chi connectivity index (χ4n) is 2.19. The molecule has 1 amide bonds. The van der Waals surface area contributed by atoms with Crippen molar-refractivity contribution in [1.82, 2.24) is 19.6 Å². The molecular formula is C16H16FN5O. The smallest absolute Gasteiger partial charge is 0.246 e. The van der Waals surface area contributed by atoms with Gasteiger partial charge >= 0.3 is 0 Å². The van der Waals surface area contributed by atoms with E-state index in [1.807, 2.05) is 13.0 Å². The van der Waals surface area contributed by atoms with Gasteiger partial charge in [-0.2, -0.15) is 10.2 Å². The number of nitrogens with one attached hydrogen (secondary N) is 1. The van der Waals surface area contributed by atoms with Crippen molar-refractivity contribution in [2.45, 2.75) is 20.0 Å². The molecule has 0 radical (unpaired) electrons. The van der Waals surface area contributed by atoms with Crippen molar-refractivity contribution in [3.8, 4) is 0 Å². The highest BCUT2D eigenvalue weighted by atomic mass is 19.1. The first-order valence-electron chi connectivity index (χ1n) is 7.15. The lowest BCUT2D eigenvalue weighted by atomic mass is 10.2. The number of benzene rings is 1. The summed E-state index contributed by atoms with van der Waals surface area (Å²) in [6.45, 7) is 2.55. The van der Waals surface area contributed by atoms with Gasteiger partial charge in [-0.1, -0.05) is 12.1 Å². The summed E-state index contributed by atoms with van der Waals surface area (Å²) in [7, 11) is 0. The predicted molar refractivity (Wildman–Crippen MR) is 83.3 cm³/mol. The van der Waals surface area contributed by atoms with Gasteiger partial charge < -0.3 is 5.32 Å². The van der Waals surface area contributed by atoms with Gasteiger partial charge in [0.2, 0.25) is 5.91 Å². The van der Waals surface area contributed by atoms with Crippen molar-refractivity contribution >= 4 is 11.6 Å². The van der Waals surface area contributed by atoms with Crippen LogP contribution in [0.1, 0.15) is 11.3 Å². The quantitative estimate of drug-likeness (QED) is 0.785. The fourth-order valence-corrected chi connectivity index (χ4v) is 2.19. The molecule has 2 heterocycles. The molecule has 3 rings (SSSR count). The average Bonchev–Trinajstić information content (AvgIpc) is 3.11. The molecule has 0 saturated carbocycles. The van der Waals surface area contributed by atoms with E-state index >= 15 is 0 Å². The van der Waals surface area contributed by atoms with Crippen LogP contribution in [0.4, 0.5) is 10.1 Å². The molecule has 0 saturated heterocycles. The van der Waals surface area contributed by atoms with Crippen molar-refractivity contribution in [2.75, 3.05) is 5.32 Å². The maximum Gasteiger partial charge on any atom is 0.246 e. The van der Waals surface area contributed by atoms with E-state index in [1.54, 1.807) is 40.1 Å². The first-order valence-corrected chi connectivity index (χ1v) is 7.15. The van der Waals surface area contributed by atoms with E-state index < -0.39 is 0 Å². The zero-order valence-corrected chi connectivity index (χ0v) is 12.6. The number of hydrogen-bond acceptors (Lipinski definition) is 3. The molecule has 7 heteroatoms. The number of carbonyl (C=O) groups excluding carboxylic acids is 1. The van der Waals surface area contributed by atoms with Crippen molar-refractivity contribution in [3.63, 3.8) is 0 Å². The van der Waals surface area contributed by atoms with Crippen LogP contribution < -0.4 is 5.32 Å². The van der Waals surface area contributed by atoms with Crippen LogP contribution >= 0.6 is 0 Å². The fraction of sp³-hybridized carbons (Fsp3) is 0.188. The Morgan fingerprint density at radius 3 is 2.70 bits per heavy atom. The van der Waals surface area contributed by atoms with Crippen molar-refractivity contribution in [2.24, 2.45) is 0 Å². The van der Waals surface area contributed by atoms with Crippen molar-refractivity contribution < 1.29 is 9.18 Å². The van der Waals surface area contributed by atoms with Gasteiger partial charge in [-0.05, 0) is 30.7 Å². The average molecular weight is 313 g/mol. The molecule has 3 aromatic rings. The molecule has 6 nitrogen and oxygen atoms in total. The van der Waals surface area contributed by atoms with E-state index in [0.29, 0.717) is 12.2 Å². The number of amides is 1. The molecule has 0 bridgehead atoms. The van der Waals surface area contributed by atoms with E-state index in [-0.39, 0.29) is 18.3 Å². The Kier molecular flexibility index (Phi) is 4.18. The van der Waals surface area contributed by atoms with E-state index in [9.17, 15) is 9.18 Å². The maximum atomic E-state index is 12.9. The van der Waals surface area contributed by atoms with E-state index in [2.05, 4.69) is 15.5 Å². The second kappa shape index (κ2) is 6.43. The second-order valence-electron chi connectivity index (χ2n) is 5.23. The predicted octanol–water partition coefficient (Wildman–Crippen LogP) is 2.21. The summed E-state index contributed by atoms with van der Waals surface area (Å²) in [5.41, 5.74) is 2.47. The monoisotopic (exact) mass is 313 g/mol.